The van der Waals surface area contributed by atoms with E-state index in [0.717, 1.165) is 48.3 Å². The van der Waals surface area contributed by atoms with Crippen molar-refractivity contribution in [1.82, 2.24) is 9.88 Å². The second-order valence-electron chi connectivity index (χ2n) is 6.15. The Labute approximate surface area is 164 Å². The van der Waals surface area contributed by atoms with Crippen LogP contribution in [0.25, 0.3) is 0 Å². The quantitative estimate of drug-likeness (QED) is 0.282. The zero-order chi connectivity index (χ0) is 18.9. The van der Waals surface area contributed by atoms with Gasteiger partial charge in [-0.25, -0.2) is 0 Å². The molecule has 1 aromatic rings. The Morgan fingerprint density at radius 1 is 1.35 bits per heavy atom. The van der Waals surface area contributed by atoms with Gasteiger partial charge in [0.15, 0.2) is 0 Å². The second-order valence-corrected chi connectivity index (χ2v) is 7.83. The number of hydrogen-bond acceptors (Lipinski definition) is 5. The third-order valence-corrected chi connectivity index (χ3v) is 5.61. The molecule has 1 saturated heterocycles. The van der Waals surface area contributed by atoms with E-state index < -0.39 is 0 Å². The number of carbonyl (C=O) groups excluding carboxylic acids is 2. The average Bonchev–Trinajstić information content (AvgIpc) is 3.20. The van der Waals surface area contributed by atoms with E-state index in [9.17, 15) is 9.59 Å². The molecule has 2 rings (SSSR count). The smallest absolute Gasteiger partial charge is 0.307 e. The van der Waals surface area contributed by atoms with E-state index in [2.05, 4.69) is 29.8 Å². The number of thioether (sulfide) groups is 1. The fourth-order valence-electron chi connectivity index (χ4n) is 2.79. The molecule has 2 heterocycles. The summed E-state index contributed by atoms with van der Waals surface area (Å²) in [7, 11) is 0. The standard InChI is InChI=1S/C19H26N2O3S2/c1-3-5-13-24-16(22)10-12-21-11-6-7-15(21)9-8-14(4-2)17-18(23)20-19(25)26-17/h6-7,11H,3-5,8-10,12-13H2,1-2H3,(H,20,23,25). The Balaban J connectivity index is 1.90. The van der Waals surface area contributed by atoms with Crippen molar-refractivity contribution in [2.24, 2.45) is 0 Å². The van der Waals surface area contributed by atoms with E-state index in [1.807, 2.05) is 12.3 Å². The molecular formula is C19H26N2O3S2. The molecule has 0 aromatic carbocycles. The number of rotatable bonds is 10. The van der Waals surface area contributed by atoms with Gasteiger partial charge >= 0.3 is 5.97 Å². The van der Waals surface area contributed by atoms with Crippen LogP contribution in [0.15, 0.2) is 28.8 Å². The Bertz CT molecular complexity index is 695. The topological polar surface area (TPSA) is 60.3 Å². The van der Waals surface area contributed by atoms with Gasteiger partial charge in [0.1, 0.15) is 4.32 Å². The largest absolute Gasteiger partial charge is 0.466 e. The molecular weight excluding hydrogens is 368 g/mol. The molecule has 0 aliphatic carbocycles. The van der Waals surface area contributed by atoms with Crippen LogP contribution in [0.3, 0.4) is 0 Å². The van der Waals surface area contributed by atoms with Gasteiger partial charge in [-0.15, -0.1) is 0 Å². The Hall–Kier alpha value is -1.60. The monoisotopic (exact) mass is 394 g/mol. The van der Waals surface area contributed by atoms with E-state index in [1.54, 1.807) is 0 Å². The third kappa shape index (κ3) is 5.99. The van der Waals surface area contributed by atoms with E-state index in [1.165, 1.54) is 11.8 Å². The fraction of sp³-hybridized carbons (Fsp3) is 0.526. The molecule has 1 amide bonds. The van der Waals surface area contributed by atoms with Gasteiger partial charge in [-0.2, -0.15) is 0 Å². The van der Waals surface area contributed by atoms with Gasteiger partial charge in [-0.3, -0.25) is 9.59 Å². The van der Waals surface area contributed by atoms with Crippen LogP contribution in [-0.4, -0.2) is 27.4 Å². The number of carbonyl (C=O) groups is 2. The first-order chi connectivity index (χ1) is 12.5. The van der Waals surface area contributed by atoms with Crippen molar-refractivity contribution in [2.75, 3.05) is 6.61 Å². The lowest BCUT2D eigenvalue weighted by Crippen LogP contribution is -2.18. The molecule has 1 N–H and O–H groups in total. The predicted octanol–water partition coefficient (Wildman–Crippen LogP) is 3.97. The van der Waals surface area contributed by atoms with Crippen LogP contribution >= 0.6 is 24.0 Å². The van der Waals surface area contributed by atoms with Gasteiger partial charge < -0.3 is 14.6 Å². The van der Waals surface area contributed by atoms with Crippen LogP contribution in [0.1, 0.15) is 51.6 Å². The highest BCUT2D eigenvalue weighted by Crippen LogP contribution is 2.30. The van der Waals surface area contributed by atoms with Crippen LogP contribution in [0.2, 0.25) is 0 Å². The van der Waals surface area contributed by atoms with Crippen LogP contribution in [0, 0.1) is 0 Å². The lowest BCUT2D eigenvalue weighted by atomic mass is 10.1. The van der Waals surface area contributed by atoms with E-state index >= 15 is 0 Å². The third-order valence-electron chi connectivity index (χ3n) is 4.29. The first-order valence-electron chi connectivity index (χ1n) is 9.10. The molecule has 1 aromatic heterocycles. The summed E-state index contributed by atoms with van der Waals surface area (Å²) in [6, 6.07) is 4.05. The maximum Gasteiger partial charge on any atom is 0.307 e. The van der Waals surface area contributed by atoms with Gasteiger partial charge in [0.05, 0.1) is 17.9 Å². The molecule has 1 fully saturated rings. The van der Waals surface area contributed by atoms with Gasteiger partial charge in [-0.05, 0) is 37.8 Å². The Morgan fingerprint density at radius 2 is 2.15 bits per heavy atom. The van der Waals surface area contributed by atoms with Gasteiger partial charge in [-0.1, -0.05) is 49.8 Å². The number of aromatic nitrogens is 1. The number of allylic oxidation sites excluding steroid dienone is 1. The predicted molar refractivity (Wildman–Crippen MR) is 109 cm³/mol. The number of amides is 1. The van der Waals surface area contributed by atoms with Crippen molar-refractivity contribution in [3.05, 3.63) is 34.5 Å². The molecule has 0 unspecified atom stereocenters. The highest BCUT2D eigenvalue weighted by atomic mass is 32.2. The van der Waals surface area contributed by atoms with Gasteiger partial charge in [0.25, 0.3) is 5.91 Å². The molecule has 1 aliphatic heterocycles. The summed E-state index contributed by atoms with van der Waals surface area (Å²) in [4.78, 5) is 24.5. The second kappa shape index (κ2) is 10.5. The summed E-state index contributed by atoms with van der Waals surface area (Å²) in [6.07, 6.45) is 6.74. The van der Waals surface area contributed by atoms with E-state index in [-0.39, 0.29) is 11.9 Å². The lowest BCUT2D eigenvalue weighted by Gasteiger charge is -2.11. The van der Waals surface area contributed by atoms with E-state index in [0.29, 0.717) is 23.9 Å². The molecule has 1 aliphatic rings. The van der Waals surface area contributed by atoms with Crippen LogP contribution in [-0.2, 0) is 27.3 Å². The first kappa shape index (κ1) is 20.7. The van der Waals surface area contributed by atoms with Crippen molar-refractivity contribution in [1.29, 1.82) is 0 Å². The number of thiocarbonyl (C=S) groups is 1. The molecule has 5 nitrogen and oxygen atoms in total. The van der Waals surface area contributed by atoms with Crippen LogP contribution in [0.5, 0.6) is 0 Å². The molecule has 0 spiro atoms. The number of aryl methyl sites for hydroxylation is 2. The number of esters is 1. The Morgan fingerprint density at radius 3 is 2.81 bits per heavy atom. The minimum Gasteiger partial charge on any atom is -0.466 e. The number of nitrogens with one attached hydrogen (secondary N) is 1. The fourth-order valence-corrected chi connectivity index (χ4v) is 3.99. The van der Waals surface area contributed by atoms with Crippen molar-refractivity contribution >= 4 is 40.2 Å². The minimum absolute atomic E-state index is 0.0814. The number of unbranched alkanes of at least 4 members (excludes halogenated alkanes) is 1. The molecule has 0 bridgehead atoms. The van der Waals surface area contributed by atoms with Crippen LogP contribution in [0.4, 0.5) is 0 Å². The lowest BCUT2D eigenvalue weighted by molar-refractivity contribution is -0.144. The summed E-state index contributed by atoms with van der Waals surface area (Å²) in [6.45, 7) is 5.25. The summed E-state index contributed by atoms with van der Waals surface area (Å²) in [5.74, 6) is -0.232. The molecule has 0 saturated carbocycles. The SMILES string of the molecule is CCCCOC(=O)CCn1cccc1CCC(CC)=C1SC(=S)NC1=O. The molecule has 0 radical (unpaired) electrons. The summed E-state index contributed by atoms with van der Waals surface area (Å²) >= 11 is 6.42. The molecule has 26 heavy (non-hydrogen) atoms. The highest BCUT2D eigenvalue weighted by molar-refractivity contribution is 8.26. The number of ether oxygens (including phenoxy) is 1. The molecule has 142 valence electrons. The Kier molecular flexibility index (Phi) is 8.38. The summed E-state index contributed by atoms with van der Waals surface area (Å²) in [5, 5.41) is 2.68. The van der Waals surface area contributed by atoms with Crippen molar-refractivity contribution in [3.63, 3.8) is 0 Å². The number of nitrogens with zero attached hydrogens (tertiary/aromatic N) is 1. The highest BCUT2D eigenvalue weighted by Gasteiger charge is 2.25. The maximum absolute atomic E-state index is 12.0. The average molecular weight is 395 g/mol. The zero-order valence-corrected chi connectivity index (χ0v) is 17.0. The maximum atomic E-state index is 12.0. The zero-order valence-electron chi connectivity index (χ0n) is 15.4. The summed E-state index contributed by atoms with van der Waals surface area (Å²) < 4.78 is 7.82. The molecule has 0 atom stereocenters. The van der Waals surface area contributed by atoms with Gasteiger partial charge in [0, 0.05) is 18.4 Å². The minimum atomic E-state index is -0.151. The van der Waals surface area contributed by atoms with Gasteiger partial charge in [0.2, 0.25) is 0 Å². The van der Waals surface area contributed by atoms with Crippen molar-refractivity contribution < 1.29 is 14.3 Å². The normalized spacial score (nSPS) is 15.9. The first-order valence-corrected chi connectivity index (χ1v) is 10.3. The van der Waals surface area contributed by atoms with E-state index in [4.69, 9.17) is 17.0 Å². The van der Waals surface area contributed by atoms with Crippen LogP contribution < -0.4 is 5.32 Å². The van der Waals surface area contributed by atoms with Crippen molar-refractivity contribution in [3.8, 4) is 0 Å². The number of hydrogen-bond donors (Lipinski definition) is 1. The molecule has 7 heteroatoms. The van der Waals surface area contributed by atoms with Crippen molar-refractivity contribution in [2.45, 2.75) is 58.9 Å². The summed E-state index contributed by atoms with van der Waals surface area (Å²) in [5.41, 5.74) is 2.28.